The zero-order valence-electron chi connectivity index (χ0n) is 16.0. The summed E-state index contributed by atoms with van der Waals surface area (Å²) in [6, 6.07) is 3.07. The minimum Gasteiger partial charge on any atom is -0.491 e. The van der Waals surface area contributed by atoms with Crippen LogP contribution in [0.1, 0.15) is 11.1 Å². The maximum Gasteiger partial charge on any atom is 0.250 e. The van der Waals surface area contributed by atoms with Gasteiger partial charge in [-0.2, -0.15) is 0 Å². The van der Waals surface area contributed by atoms with Crippen LogP contribution in [0.15, 0.2) is 30.3 Å². The van der Waals surface area contributed by atoms with Crippen molar-refractivity contribution in [3.63, 3.8) is 0 Å². The summed E-state index contributed by atoms with van der Waals surface area (Å²) in [5.74, 6) is -9.39. The summed E-state index contributed by atoms with van der Waals surface area (Å²) in [4.78, 5) is 0. The van der Waals surface area contributed by atoms with Crippen LogP contribution in [0.5, 0.6) is 5.75 Å². The van der Waals surface area contributed by atoms with E-state index in [4.69, 9.17) is 0 Å². The second-order valence-electron chi connectivity index (χ2n) is 6.74. The molecule has 0 radical (unpaired) electrons. The molecule has 9 heteroatoms. The van der Waals surface area contributed by atoms with Crippen LogP contribution in [0, 0.1) is 54.6 Å². The van der Waals surface area contributed by atoms with Gasteiger partial charge in [-0.3, -0.25) is 0 Å². The van der Waals surface area contributed by atoms with Crippen LogP contribution in [0.4, 0.5) is 30.7 Å². The Morgan fingerprint density at radius 1 is 0.633 bits per heavy atom. The highest BCUT2D eigenvalue weighted by Crippen LogP contribution is 2.22. The second-order valence-corrected chi connectivity index (χ2v) is 6.74. The Bertz CT molecular complexity index is 1090. The summed E-state index contributed by atoms with van der Waals surface area (Å²) in [6.45, 7) is 0.743. The van der Waals surface area contributed by atoms with Gasteiger partial charge in [0, 0.05) is 23.7 Å². The molecule has 3 aromatic rings. The third kappa shape index (κ3) is 3.64. The van der Waals surface area contributed by atoms with Crippen molar-refractivity contribution < 1.29 is 35.5 Å². The summed E-state index contributed by atoms with van der Waals surface area (Å²) in [6.07, 6.45) is 0. The van der Waals surface area contributed by atoms with Crippen LogP contribution in [-0.2, 0) is 0 Å². The molecule has 1 nitrogen and oxygen atoms in total. The molecular formula is C21H14BF7O. The standard InChI is InChI=1S/C21H14BF7O/c1-9-13(4-11(23)6-15(9)25)22(14-5-12(24)7-16(26)10(14)2)19-17(27)8-18(28)21(30-3)20(19)29/h4-8H,1-3H3. The molecule has 0 amide bonds. The molecule has 0 aliphatic carbocycles. The van der Waals surface area contributed by atoms with Crippen LogP contribution < -0.4 is 21.1 Å². The number of benzene rings is 3. The number of methoxy groups -OCH3 is 1. The first-order chi connectivity index (χ1) is 14.1. The monoisotopic (exact) mass is 426 g/mol. The van der Waals surface area contributed by atoms with Crippen molar-refractivity contribution >= 4 is 23.1 Å². The fourth-order valence-corrected chi connectivity index (χ4v) is 3.45. The Morgan fingerprint density at radius 2 is 1.10 bits per heavy atom. The number of ether oxygens (including phenoxy) is 1. The normalized spacial score (nSPS) is 11.0. The molecule has 30 heavy (non-hydrogen) atoms. The van der Waals surface area contributed by atoms with E-state index in [1.165, 1.54) is 13.8 Å². The summed E-state index contributed by atoms with van der Waals surface area (Å²) in [7, 11) is 0.943. The number of rotatable bonds is 4. The molecule has 3 rings (SSSR count). The summed E-state index contributed by atoms with van der Waals surface area (Å²) in [5.41, 5.74) is -1.84. The molecule has 0 fully saturated rings. The zero-order chi connectivity index (χ0) is 22.3. The predicted molar refractivity (Wildman–Crippen MR) is 99.7 cm³/mol. The molecule has 0 saturated heterocycles. The van der Waals surface area contributed by atoms with Crippen molar-refractivity contribution in [3.05, 3.63) is 82.2 Å². The lowest BCUT2D eigenvalue weighted by Crippen LogP contribution is -2.57. The molecule has 0 heterocycles. The van der Waals surface area contributed by atoms with Gasteiger partial charge in [-0.25, -0.2) is 30.7 Å². The van der Waals surface area contributed by atoms with Gasteiger partial charge in [0.1, 0.15) is 29.1 Å². The molecule has 0 saturated carbocycles. The van der Waals surface area contributed by atoms with Crippen LogP contribution in [-0.4, -0.2) is 13.8 Å². The highest BCUT2D eigenvalue weighted by molar-refractivity contribution is 6.96. The van der Waals surface area contributed by atoms with Crippen LogP contribution in [0.25, 0.3) is 0 Å². The van der Waals surface area contributed by atoms with Crippen molar-refractivity contribution in [2.24, 2.45) is 0 Å². The molecule has 0 aliphatic rings. The Labute approximate surface area is 168 Å². The summed E-state index contributed by atoms with van der Waals surface area (Å²) >= 11 is 0. The lowest BCUT2D eigenvalue weighted by atomic mass is 9.35. The highest BCUT2D eigenvalue weighted by Gasteiger charge is 2.35. The van der Waals surface area contributed by atoms with E-state index in [0.29, 0.717) is 18.2 Å². The smallest absolute Gasteiger partial charge is 0.250 e. The molecule has 3 aromatic carbocycles. The van der Waals surface area contributed by atoms with E-state index in [-0.39, 0.29) is 22.1 Å². The van der Waals surface area contributed by atoms with Gasteiger partial charge in [0.05, 0.1) is 7.11 Å². The van der Waals surface area contributed by atoms with Crippen LogP contribution in [0.3, 0.4) is 0 Å². The van der Waals surface area contributed by atoms with Gasteiger partial charge in [0.25, 0.3) is 0 Å². The minimum absolute atomic E-state index is 0.201. The maximum atomic E-state index is 15.1. The highest BCUT2D eigenvalue weighted by atomic mass is 19.2. The number of hydrogen-bond donors (Lipinski definition) is 0. The van der Waals surface area contributed by atoms with Gasteiger partial charge >= 0.3 is 0 Å². The second kappa shape index (κ2) is 8.05. The van der Waals surface area contributed by atoms with E-state index in [1.807, 2.05) is 0 Å². The van der Waals surface area contributed by atoms with E-state index in [2.05, 4.69) is 4.74 Å². The molecule has 0 bridgehead atoms. The SMILES string of the molecule is COc1c(F)cc(F)c(B(c2cc(F)cc(F)c2C)c2cc(F)cc(F)c2C)c1F. The molecular weight excluding hydrogens is 412 g/mol. The van der Waals surface area contributed by atoms with Crippen molar-refractivity contribution in [3.8, 4) is 5.75 Å². The third-order valence-electron chi connectivity index (χ3n) is 4.98. The summed E-state index contributed by atoms with van der Waals surface area (Å²) in [5, 5.41) is 0. The van der Waals surface area contributed by atoms with Gasteiger partial charge in [-0.1, -0.05) is 10.9 Å². The molecule has 0 spiro atoms. The fourth-order valence-electron chi connectivity index (χ4n) is 3.45. The topological polar surface area (TPSA) is 9.23 Å². The zero-order valence-corrected chi connectivity index (χ0v) is 16.0. The molecule has 0 unspecified atom stereocenters. The fraction of sp³-hybridized carbons (Fsp3) is 0.143. The first-order valence-corrected chi connectivity index (χ1v) is 8.69. The van der Waals surface area contributed by atoms with Crippen molar-refractivity contribution in [1.82, 2.24) is 0 Å². The predicted octanol–water partition coefficient (Wildman–Crippen LogP) is 3.80. The van der Waals surface area contributed by atoms with E-state index in [9.17, 15) is 26.3 Å². The first kappa shape index (κ1) is 21.7. The van der Waals surface area contributed by atoms with E-state index < -0.39 is 58.6 Å². The van der Waals surface area contributed by atoms with Crippen molar-refractivity contribution in [2.45, 2.75) is 13.8 Å². The molecule has 0 atom stereocenters. The van der Waals surface area contributed by atoms with Crippen LogP contribution in [0.2, 0.25) is 0 Å². The van der Waals surface area contributed by atoms with Crippen molar-refractivity contribution in [1.29, 1.82) is 0 Å². The van der Waals surface area contributed by atoms with E-state index in [1.54, 1.807) is 0 Å². The Hall–Kier alpha value is -2.97. The average Bonchev–Trinajstić information content (AvgIpc) is 2.65. The van der Waals surface area contributed by atoms with Crippen molar-refractivity contribution in [2.75, 3.05) is 7.11 Å². The van der Waals surface area contributed by atoms with Gasteiger partial charge in [0.2, 0.25) is 6.71 Å². The Morgan fingerprint density at radius 3 is 1.53 bits per heavy atom. The Balaban J connectivity index is 2.49. The molecule has 0 aliphatic heterocycles. The van der Waals surface area contributed by atoms with Gasteiger partial charge < -0.3 is 4.74 Å². The number of hydrogen-bond acceptors (Lipinski definition) is 1. The molecule has 0 N–H and O–H groups in total. The van der Waals surface area contributed by atoms with Gasteiger partial charge in [0.15, 0.2) is 17.4 Å². The lowest BCUT2D eigenvalue weighted by molar-refractivity contribution is 0.358. The summed E-state index contributed by atoms with van der Waals surface area (Å²) < 4.78 is 105. The van der Waals surface area contributed by atoms with Gasteiger partial charge in [-0.15, -0.1) is 0 Å². The maximum absolute atomic E-state index is 15.1. The van der Waals surface area contributed by atoms with E-state index >= 15 is 4.39 Å². The Kier molecular flexibility index (Phi) is 5.83. The number of halogens is 7. The largest absolute Gasteiger partial charge is 0.491 e. The molecule has 156 valence electrons. The first-order valence-electron chi connectivity index (χ1n) is 8.69. The lowest BCUT2D eigenvalue weighted by Gasteiger charge is -2.22. The quantitative estimate of drug-likeness (QED) is 0.456. The third-order valence-corrected chi connectivity index (χ3v) is 4.98. The molecule has 0 aromatic heterocycles. The van der Waals surface area contributed by atoms with Crippen LogP contribution >= 0.6 is 0 Å². The van der Waals surface area contributed by atoms with Gasteiger partial charge in [-0.05, 0) is 37.1 Å². The average molecular weight is 426 g/mol. The minimum atomic E-state index is -1.70. The van der Waals surface area contributed by atoms with E-state index in [0.717, 1.165) is 19.2 Å².